The first kappa shape index (κ1) is 14.4. The Kier molecular flexibility index (Phi) is 4.67. The summed E-state index contributed by atoms with van der Waals surface area (Å²) in [5, 5.41) is 0. The number of benzene rings is 1. The topological polar surface area (TPSA) is 78.3 Å². The summed E-state index contributed by atoms with van der Waals surface area (Å²) in [4.78, 5) is 10.9. The predicted octanol–water partition coefficient (Wildman–Crippen LogP) is 1.82. The van der Waals surface area contributed by atoms with Gasteiger partial charge in [0.1, 0.15) is 6.61 Å². The molecular formula is C13H19FN2O2. The van der Waals surface area contributed by atoms with Crippen LogP contribution in [-0.2, 0) is 0 Å². The quantitative estimate of drug-likeness (QED) is 0.812. The third-order valence-corrected chi connectivity index (χ3v) is 3.14. The fourth-order valence-corrected chi connectivity index (χ4v) is 1.45. The Morgan fingerprint density at radius 1 is 1.39 bits per heavy atom. The molecule has 0 aliphatic carbocycles. The van der Waals surface area contributed by atoms with Gasteiger partial charge in [-0.3, -0.25) is 4.79 Å². The van der Waals surface area contributed by atoms with Gasteiger partial charge in [-0.25, -0.2) is 4.39 Å². The van der Waals surface area contributed by atoms with E-state index in [4.69, 9.17) is 16.2 Å². The van der Waals surface area contributed by atoms with Crippen LogP contribution >= 0.6 is 0 Å². The molecule has 4 nitrogen and oxygen atoms in total. The molecule has 0 aromatic heterocycles. The minimum atomic E-state index is -0.671. The lowest BCUT2D eigenvalue weighted by Crippen LogP contribution is -2.44. The Labute approximate surface area is 106 Å². The molecule has 1 aromatic rings. The van der Waals surface area contributed by atoms with Gasteiger partial charge in [-0.2, -0.15) is 0 Å². The third kappa shape index (κ3) is 3.43. The predicted molar refractivity (Wildman–Crippen MR) is 67.9 cm³/mol. The largest absolute Gasteiger partial charge is 0.489 e. The lowest BCUT2D eigenvalue weighted by atomic mass is 9.96. The van der Waals surface area contributed by atoms with Gasteiger partial charge in [-0.15, -0.1) is 0 Å². The van der Waals surface area contributed by atoms with Crippen LogP contribution in [-0.4, -0.2) is 18.1 Å². The summed E-state index contributed by atoms with van der Waals surface area (Å²) in [5.74, 6) is -1.20. The van der Waals surface area contributed by atoms with E-state index < -0.39 is 17.3 Å². The van der Waals surface area contributed by atoms with Crippen LogP contribution in [0.4, 0.5) is 4.39 Å². The van der Waals surface area contributed by atoms with E-state index in [0.717, 1.165) is 18.9 Å². The second-order valence-corrected chi connectivity index (χ2v) is 4.37. The molecule has 0 bridgehead atoms. The van der Waals surface area contributed by atoms with Crippen molar-refractivity contribution in [3.05, 3.63) is 29.6 Å². The van der Waals surface area contributed by atoms with Gasteiger partial charge in [-0.1, -0.05) is 13.8 Å². The molecule has 4 N–H and O–H groups in total. The summed E-state index contributed by atoms with van der Waals surface area (Å²) in [5.41, 5.74) is 10.8. The standard InChI is InChI=1S/C13H19FN2O2/c1-3-13(16,4-2)8-18-11-6-5-9(12(15)17)7-10(11)14/h5-7H,3-4,8,16H2,1-2H3,(H2,15,17). The molecule has 1 rings (SSSR count). The molecule has 0 atom stereocenters. The molecule has 0 heterocycles. The number of hydrogen-bond donors (Lipinski definition) is 2. The minimum absolute atomic E-state index is 0.0803. The van der Waals surface area contributed by atoms with Gasteiger partial charge in [-0.05, 0) is 31.0 Å². The second-order valence-electron chi connectivity index (χ2n) is 4.37. The van der Waals surface area contributed by atoms with Gasteiger partial charge in [0.15, 0.2) is 11.6 Å². The number of rotatable bonds is 6. The van der Waals surface area contributed by atoms with E-state index in [0.29, 0.717) is 0 Å². The van der Waals surface area contributed by atoms with Gasteiger partial charge in [0.2, 0.25) is 5.91 Å². The second kappa shape index (κ2) is 5.82. The Bertz CT molecular complexity index is 431. The van der Waals surface area contributed by atoms with Crippen LogP contribution in [0.5, 0.6) is 5.75 Å². The molecule has 0 spiro atoms. The number of ether oxygens (including phenoxy) is 1. The van der Waals surface area contributed by atoms with Gasteiger partial charge in [0.25, 0.3) is 0 Å². The molecule has 5 heteroatoms. The number of nitrogens with two attached hydrogens (primary N) is 2. The van der Waals surface area contributed by atoms with Crippen molar-refractivity contribution < 1.29 is 13.9 Å². The van der Waals surface area contributed by atoms with Crippen LogP contribution in [0.15, 0.2) is 18.2 Å². The summed E-state index contributed by atoms with van der Waals surface area (Å²) >= 11 is 0. The fraction of sp³-hybridized carbons (Fsp3) is 0.462. The fourth-order valence-electron chi connectivity index (χ4n) is 1.45. The van der Waals surface area contributed by atoms with E-state index in [9.17, 15) is 9.18 Å². The highest BCUT2D eigenvalue weighted by Crippen LogP contribution is 2.20. The molecule has 0 aliphatic heterocycles. The number of hydrogen-bond acceptors (Lipinski definition) is 3. The molecule has 0 saturated heterocycles. The molecule has 0 radical (unpaired) electrons. The van der Waals surface area contributed by atoms with Crippen LogP contribution in [0, 0.1) is 5.82 Å². The SMILES string of the molecule is CCC(N)(CC)COc1ccc(C(N)=O)cc1F. The molecule has 0 fully saturated rings. The molecule has 100 valence electrons. The van der Waals surface area contributed by atoms with Gasteiger partial charge in [0.05, 0.1) is 0 Å². The van der Waals surface area contributed by atoms with E-state index in [1.807, 2.05) is 13.8 Å². The molecule has 1 amide bonds. The van der Waals surface area contributed by atoms with Crippen molar-refractivity contribution >= 4 is 5.91 Å². The summed E-state index contributed by atoms with van der Waals surface area (Å²) in [6.07, 6.45) is 1.48. The molecular weight excluding hydrogens is 235 g/mol. The number of primary amides is 1. The maximum atomic E-state index is 13.6. The highest BCUT2D eigenvalue weighted by Gasteiger charge is 2.22. The van der Waals surface area contributed by atoms with Crippen molar-refractivity contribution in [3.8, 4) is 5.75 Å². The number of carbonyl (C=O) groups excluding carboxylic acids is 1. The highest BCUT2D eigenvalue weighted by molar-refractivity contribution is 5.92. The van der Waals surface area contributed by atoms with E-state index in [2.05, 4.69) is 0 Å². The Morgan fingerprint density at radius 2 is 2.00 bits per heavy atom. The van der Waals surface area contributed by atoms with Crippen LogP contribution in [0.3, 0.4) is 0 Å². The third-order valence-electron chi connectivity index (χ3n) is 3.14. The zero-order valence-corrected chi connectivity index (χ0v) is 10.7. The number of carbonyl (C=O) groups is 1. The average molecular weight is 254 g/mol. The van der Waals surface area contributed by atoms with Crippen LogP contribution in [0.25, 0.3) is 0 Å². The monoisotopic (exact) mass is 254 g/mol. The number of halogens is 1. The molecule has 0 saturated carbocycles. The van der Waals surface area contributed by atoms with Crippen molar-refractivity contribution in [3.63, 3.8) is 0 Å². The summed E-state index contributed by atoms with van der Waals surface area (Å²) in [7, 11) is 0. The Hall–Kier alpha value is -1.62. The van der Waals surface area contributed by atoms with Gasteiger partial charge < -0.3 is 16.2 Å². The Morgan fingerprint density at radius 3 is 2.44 bits per heavy atom. The van der Waals surface area contributed by atoms with Crippen molar-refractivity contribution in [2.24, 2.45) is 11.5 Å². The van der Waals surface area contributed by atoms with E-state index >= 15 is 0 Å². The maximum Gasteiger partial charge on any atom is 0.248 e. The summed E-state index contributed by atoms with van der Waals surface area (Å²) < 4.78 is 19.0. The molecule has 18 heavy (non-hydrogen) atoms. The lowest BCUT2D eigenvalue weighted by molar-refractivity contribution is 0.0999. The van der Waals surface area contributed by atoms with Crippen molar-refractivity contribution in [2.75, 3.05) is 6.61 Å². The van der Waals surface area contributed by atoms with Crippen LogP contribution < -0.4 is 16.2 Å². The smallest absolute Gasteiger partial charge is 0.248 e. The molecule has 0 aliphatic rings. The van der Waals surface area contributed by atoms with Crippen LogP contribution in [0.2, 0.25) is 0 Å². The average Bonchev–Trinajstić information content (AvgIpc) is 2.36. The van der Waals surface area contributed by atoms with Crippen LogP contribution in [0.1, 0.15) is 37.0 Å². The normalized spacial score (nSPS) is 11.3. The molecule has 1 aromatic carbocycles. The van der Waals surface area contributed by atoms with E-state index in [-0.39, 0.29) is 17.9 Å². The first-order valence-corrected chi connectivity index (χ1v) is 5.93. The molecule has 0 unspecified atom stereocenters. The van der Waals surface area contributed by atoms with Gasteiger partial charge >= 0.3 is 0 Å². The maximum absolute atomic E-state index is 13.6. The van der Waals surface area contributed by atoms with Crippen molar-refractivity contribution in [2.45, 2.75) is 32.2 Å². The number of amides is 1. The zero-order chi connectivity index (χ0) is 13.8. The first-order valence-electron chi connectivity index (χ1n) is 5.93. The van der Waals surface area contributed by atoms with E-state index in [1.165, 1.54) is 12.1 Å². The Balaban J connectivity index is 2.77. The highest BCUT2D eigenvalue weighted by atomic mass is 19.1. The first-order chi connectivity index (χ1) is 8.41. The van der Waals surface area contributed by atoms with Crippen molar-refractivity contribution in [1.82, 2.24) is 0 Å². The summed E-state index contributed by atoms with van der Waals surface area (Å²) in [6.45, 7) is 4.14. The summed E-state index contributed by atoms with van der Waals surface area (Å²) in [6, 6.07) is 3.88. The lowest BCUT2D eigenvalue weighted by Gasteiger charge is -2.26. The van der Waals surface area contributed by atoms with Gasteiger partial charge in [0, 0.05) is 11.1 Å². The van der Waals surface area contributed by atoms with Crippen molar-refractivity contribution in [1.29, 1.82) is 0 Å². The minimum Gasteiger partial charge on any atom is -0.489 e. The van der Waals surface area contributed by atoms with E-state index in [1.54, 1.807) is 0 Å². The zero-order valence-electron chi connectivity index (χ0n) is 10.7.